The Balaban J connectivity index is 2.20. The van der Waals surface area contributed by atoms with Gasteiger partial charge in [0, 0.05) is 17.1 Å². The maximum absolute atomic E-state index is 10.4. The topological polar surface area (TPSA) is 75.3 Å². The van der Waals surface area contributed by atoms with Crippen LogP contribution in [0.2, 0.25) is 0 Å². The normalized spacial score (nSPS) is 12.4. The molecular formula is C12H17BrN2O2. The molecule has 1 unspecified atom stereocenters. The van der Waals surface area contributed by atoms with Crippen molar-refractivity contribution in [2.75, 3.05) is 13.1 Å². The summed E-state index contributed by atoms with van der Waals surface area (Å²) < 4.78 is 1.09. The third-order valence-electron chi connectivity index (χ3n) is 2.37. The van der Waals surface area contributed by atoms with Crippen molar-refractivity contribution in [3.63, 3.8) is 0 Å². The molecule has 0 aromatic heterocycles. The van der Waals surface area contributed by atoms with Gasteiger partial charge in [-0.3, -0.25) is 4.79 Å². The summed E-state index contributed by atoms with van der Waals surface area (Å²) in [6.45, 7) is 1.31. The molecule has 0 aliphatic rings. The first kappa shape index (κ1) is 14.2. The predicted octanol–water partition coefficient (Wildman–Crippen LogP) is 1.38. The van der Waals surface area contributed by atoms with Gasteiger partial charge >= 0.3 is 5.97 Å². The fourth-order valence-electron chi connectivity index (χ4n) is 1.51. The number of benzene rings is 1. The molecule has 4 N–H and O–H groups in total. The van der Waals surface area contributed by atoms with Gasteiger partial charge in [-0.2, -0.15) is 0 Å². The zero-order chi connectivity index (χ0) is 12.7. The van der Waals surface area contributed by atoms with Crippen LogP contribution in [0.5, 0.6) is 0 Å². The van der Waals surface area contributed by atoms with E-state index < -0.39 is 5.97 Å². The van der Waals surface area contributed by atoms with Gasteiger partial charge in [-0.1, -0.05) is 34.1 Å². The van der Waals surface area contributed by atoms with E-state index in [1.807, 2.05) is 18.2 Å². The molecule has 0 amide bonds. The summed E-state index contributed by atoms with van der Waals surface area (Å²) >= 11 is 3.48. The van der Waals surface area contributed by atoms with E-state index in [2.05, 4.69) is 27.3 Å². The second-order valence-electron chi connectivity index (χ2n) is 3.90. The SMILES string of the molecule is NC(CNCCc1ccccc1Br)CC(=O)O. The minimum Gasteiger partial charge on any atom is -0.481 e. The van der Waals surface area contributed by atoms with E-state index in [0.29, 0.717) is 6.54 Å². The second kappa shape index (κ2) is 7.42. The highest BCUT2D eigenvalue weighted by molar-refractivity contribution is 9.10. The smallest absolute Gasteiger partial charge is 0.304 e. The molecule has 0 fully saturated rings. The minimum atomic E-state index is -0.856. The van der Waals surface area contributed by atoms with Crippen LogP contribution in [0.3, 0.4) is 0 Å². The number of hydrogen-bond donors (Lipinski definition) is 3. The van der Waals surface area contributed by atoms with Crippen LogP contribution in [0.1, 0.15) is 12.0 Å². The molecule has 1 aromatic rings. The molecule has 0 spiro atoms. The number of halogens is 1. The molecule has 1 atom stereocenters. The Morgan fingerprint density at radius 2 is 2.18 bits per heavy atom. The maximum Gasteiger partial charge on any atom is 0.304 e. The average Bonchev–Trinajstić information content (AvgIpc) is 2.25. The van der Waals surface area contributed by atoms with E-state index in [4.69, 9.17) is 10.8 Å². The van der Waals surface area contributed by atoms with Crippen LogP contribution in [0.25, 0.3) is 0 Å². The molecule has 4 nitrogen and oxygen atoms in total. The lowest BCUT2D eigenvalue weighted by molar-refractivity contribution is -0.137. The van der Waals surface area contributed by atoms with Gasteiger partial charge in [0.25, 0.3) is 0 Å². The molecule has 5 heteroatoms. The van der Waals surface area contributed by atoms with Crippen molar-refractivity contribution in [3.8, 4) is 0 Å². The highest BCUT2D eigenvalue weighted by atomic mass is 79.9. The van der Waals surface area contributed by atoms with Gasteiger partial charge in [0.15, 0.2) is 0 Å². The number of carboxylic acid groups (broad SMARTS) is 1. The van der Waals surface area contributed by atoms with Gasteiger partial charge in [-0.25, -0.2) is 0 Å². The molecule has 1 aromatic carbocycles. The molecule has 0 bridgehead atoms. The van der Waals surface area contributed by atoms with Gasteiger partial charge < -0.3 is 16.2 Å². The zero-order valence-corrected chi connectivity index (χ0v) is 11.1. The lowest BCUT2D eigenvalue weighted by Gasteiger charge is -2.10. The van der Waals surface area contributed by atoms with Gasteiger partial charge in [0.1, 0.15) is 0 Å². The first-order valence-electron chi connectivity index (χ1n) is 5.51. The lowest BCUT2D eigenvalue weighted by atomic mass is 10.1. The van der Waals surface area contributed by atoms with Crippen molar-refractivity contribution in [1.29, 1.82) is 0 Å². The zero-order valence-electron chi connectivity index (χ0n) is 9.53. The predicted molar refractivity (Wildman–Crippen MR) is 70.9 cm³/mol. The van der Waals surface area contributed by atoms with Gasteiger partial charge in [0.2, 0.25) is 0 Å². The monoisotopic (exact) mass is 300 g/mol. The lowest BCUT2D eigenvalue weighted by Crippen LogP contribution is -2.36. The third-order valence-corrected chi connectivity index (χ3v) is 3.15. The summed E-state index contributed by atoms with van der Waals surface area (Å²) in [6, 6.07) is 7.71. The van der Waals surface area contributed by atoms with E-state index >= 15 is 0 Å². The average molecular weight is 301 g/mol. The standard InChI is InChI=1S/C12H17BrN2O2/c13-11-4-2-1-3-9(11)5-6-15-8-10(14)7-12(16)17/h1-4,10,15H,5-8,14H2,(H,16,17). The number of hydrogen-bond acceptors (Lipinski definition) is 3. The van der Waals surface area contributed by atoms with E-state index in [1.54, 1.807) is 0 Å². The molecular weight excluding hydrogens is 284 g/mol. The summed E-state index contributed by atoms with van der Waals surface area (Å²) in [6.07, 6.45) is 0.892. The number of nitrogens with two attached hydrogens (primary N) is 1. The number of rotatable bonds is 7. The Kier molecular flexibility index (Phi) is 6.18. The number of carboxylic acids is 1. The van der Waals surface area contributed by atoms with Crippen molar-refractivity contribution in [2.24, 2.45) is 5.73 Å². The van der Waals surface area contributed by atoms with Crippen LogP contribution < -0.4 is 11.1 Å². The van der Waals surface area contributed by atoms with Gasteiger partial charge in [-0.15, -0.1) is 0 Å². The molecule has 0 radical (unpaired) electrons. The van der Waals surface area contributed by atoms with Crippen LogP contribution in [-0.2, 0) is 11.2 Å². The summed E-state index contributed by atoms with van der Waals surface area (Å²) in [5, 5.41) is 11.7. The molecule has 94 valence electrons. The highest BCUT2D eigenvalue weighted by Crippen LogP contribution is 2.15. The molecule has 0 saturated heterocycles. The molecule has 1 rings (SSSR count). The summed E-state index contributed by atoms with van der Waals surface area (Å²) in [7, 11) is 0. The summed E-state index contributed by atoms with van der Waals surface area (Å²) in [5.74, 6) is -0.856. The van der Waals surface area contributed by atoms with E-state index in [1.165, 1.54) is 5.56 Å². The third kappa shape index (κ3) is 5.81. The molecule has 0 heterocycles. The second-order valence-corrected chi connectivity index (χ2v) is 4.76. The molecule has 17 heavy (non-hydrogen) atoms. The first-order valence-corrected chi connectivity index (χ1v) is 6.30. The van der Waals surface area contributed by atoms with Crippen LogP contribution >= 0.6 is 15.9 Å². The van der Waals surface area contributed by atoms with Gasteiger partial charge in [0.05, 0.1) is 6.42 Å². The van der Waals surface area contributed by atoms with Crippen LogP contribution in [0.15, 0.2) is 28.7 Å². The summed E-state index contributed by atoms with van der Waals surface area (Å²) in [5.41, 5.74) is 6.86. The van der Waals surface area contributed by atoms with Crippen molar-refractivity contribution < 1.29 is 9.90 Å². The van der Waals surface area contributed by atoms with E-state index in [-0.39, 0.29) is 12.5 Å². The highest BCUT2D eigenvalue weighted by Gasteiger charge is 2.07. The Labute approximate surface area is 109 Å². The van der Waals surface area contributed by atoms with Crippen molar-refractivity contribution in [1.82, 2.24) is 5.32 Å². The maximum atomic E-state index is 10.4. The molecule has 0 aliphatic carbocycles. The van der Waals surface area contributed by atoms with Crippen molar-refractivity contribution in [2.45, 2.75) is 18.9 Å². The number of aliphatic carboxylic acids is 1. The fourth-order valence-corrected chi connectivity index (χ4v) is 1.99. The molecule has 0 saturated carbocycles. The van der Waals surface area contributed by atoms with Gasteiger partial charge in [-0.05, 0) is 24.6 Å². The quantitative estimate of drug-likeness (QED) is 0.665. The van der Waals surface area contributed by atoms with E-state index in [9.17, 15) is 4.79 Å². The number of carbonyl (C=O) groups is 1. The van der Waals surface area contributed by atoms with Crippen LogP contribution in [0.4, 0.5) is 0 Å². The Morgan fingerprint density at radius 3 is 2.82 bits per heavy atom. The summed E-state index contributed by atoms with van der Waals surface area (Å²) in [4.78, 5) is 10.4. The Morgan fingerprint density at radius 1 is 1.47 bits per heavy atom. The largest absolute Gasteiger partial charge is 0.481 e. The Hall–Kier alpha value is -0.910. The van der Waals surface area contributed by atoms with Crippen LogP contribution in [0, 0.1) is 0 Å². The van der Waals surface area contributed by atoms with Crippen LogP contribution in [-0.4, -0.2) is 30.2 Å². The van der Waals surface area contributed by atoms with Crippen molar-refractivity contribution >= 4 is 21.9 Å². The first-order chi connectivity index (χ1) is 8.09. The molecule has 0 aliphatic heterocycles. The minimum absolute atomic E-state index is 0.00202. The Bertz CT molecular complexity index is 371. The fraction of sp³-hybridized carbons (Fsp3) is 0.417. The van der Waals surface area contributed by atoms with E-state index in [0.717, 1.165) is 17.4 Å². The number of nitrogens with one attached hydrogen (secondary N) is 1. The van der Waals surface area contributed by atoms with Crippen molar-refractivity contribution in [3.05, 3.63) is 34.3 Å².